The van der Waals surface area contributed by atoms with Gasteiger partial charge < -0.3 is 9.47 Å². The van der Waals surface area contributed by atoms with Crippen molar-refractivity contribution in [2.75, 3.05) is 13.2 Å². The summed E-state index contributed by atoms with van der Waals surface area (Å²) in [5.41, 5.74) is 0.624. The number of hydrogen-bond donors (Lipinski definition) is 0. The van der Waals surface area contributed by atoms with Crippen LogP contribution in [0.4, 0.5) is 0 Å². The molecule has 1 aromatic heterocycles. The Morgan fingerprint density at radius 1 is 1.19 bits per heavy atom. The number of carbonyl (C=O) groups is 1. The summed E-state index contributed by atoms with van der Waals surface area (Å²) >= 11 is 8.21. The third-order valence-electron chi connectivity index (χ3n) is 2.63. The molecule has 0 amide bonds. The van der Waals surface area contributed by atoms with E-state index in [0.717, 1.165) is 14.0 Å². The van der Waals surface area contributed by atoms with Crippen molar-refractivity contribution in [1.82, 2.24) is 0 Å². The molecule has 0 saturated carbocycles. The maximum atomic E-state index is 12.2. The smallest absolute Gasteiger partial charge is 0.202 e. The van der Waals surface area contributed by atoms with Crippen LogP contribution in [0.2, 0.25) is 0 Å². The number of para-hydroxylation sites is 2. The van der Waals surface area contributed by atoms with Crippen LogP contribution in [0.15, 0.2) is 37.9 Å². The Hall–Kier alpha value is -0.850. The van der Waals surface area contributed by atoms with Crippen molar-refractivity contribution in [1.29, 1.82) is 0 Å². The summed E-state index contributed by atoms with van der Waals surface area (Å²) in [7, 11) is 0. The van der Waals surface area contributed by atoms with Gasteiger partial charge in [0, 0.05) is 5.56 Å². The Morgan fingerprint density at radius 2 is 1.86 bits per heavy atom. The van der Waals surface area contributed by atoms with Crippen LogP contribution >= 0.6 is 43.2 Å². The van der Waals surface area contributed by atoms with E-state index in [4.69, 9.17) is 9.47 Å². The Kier molecular flexibility index (Phi) is 6.26. The Bertz CT molecular complexity index is 625. The number of halogens is 2. The van der Waals surface area contributed by atoms with Gasteiger partial charge in [-0.05, 0) is 56.5 Å². The van der Waals surface area contributed by atoms with E-state index in [-0.39, 0.29) is 12.4 Å². The highest BCUT2D eigenvalue weighted by Crippen LogP contribution is 2.32. The zero-order valence-electron chi connectivity index (χ0n) is 11.4. The number of ketones is 1. The first kappa shape index (κ1) is 16.5. The van der Waals surface area contributed by atoms with E-state index in [9.17, 15) is 4.79 Å². The predicted molar refractivity (Wildman–Crippen MR) is 91.8 cm³/mol. The highest BCUT2D eigenvalue weighted by Gasteiger charge is 2.15. The molecular weight excluding hydrogens is 420 g/mol. The van der Waals surface area contributed by atoms with E-state index in [1.807, 2.05) is 25.1 Å². The van der Waals surface area contributed by atoms with Gasteiger partial charge in [0.1, 0.15) is 0 Å². The molecule has 6 heteroatoms. The first-order chi connectivity index (χ1) is 10.1. The minimum atomic E-state index is -0.0749. The van der Waals surface area contributed by atoms with Crippen molar-refractivity contribution in [2.45, 2.75) is 13.3 Å². The molecule has 1 aromatic carbocycles. The van der Waals surface area contributed by atoms with Gasteiger partial charge in [0.15, 0.2) is 18.1 Å². The number of thiophene rings is 1. The van der Waals surface area contributed by atoms with Gasteiger partial charge >= 0.3 is 0 Å². The molecule has 21 heavy (non-hydrogen) atoms. The first-order valence-corrected chi connectivity index (χ1v) is 8.84. The van der Waals surface area contributed by atoms with Gasteiger partial charge in [-0.3, -0.25) is 4.79 Å². The van der Waals surface area contributed by atoms with E-state index < -0.39 is 0 Å². The number of Topliss-reactive ketones (excluding diaryl/α,β-unsaturated/α-hetero) is 1. The van der Waals surface area contributed by atoms with Gasteiger partial charge in [-0.1, -0.05) is 19.1 Å². The van der Waals surface area contributed by atoms with Gasteiger partial charge in [0.05, 0.1) is 14.2 Å². The van der Waals surface area contributed by atoms with Crippen LogP contribution in [0.3, 0.4) is 0 Å². The van der Waals surface area contributed by atoms with Crippen LogP contribution in [-0.2, 0) is 0 Å². The van der Waals surface area contributed by atoms with Crippen LogP contribution in [0.5, 0.6) is 11.5 Å². The molecular formula is C15H14Br2O3S. The third kappa shape index (κ3) is 4.56. The maximum Gasteiger partial charge on any atom is 0.202 e. The summed E-state index contributed by atoms with van der Waals surface area (Å²) in [4.78, 5) is 12.2. The second kappa shape index (κ2) is 7.96. The van der Waals surface area contributed by atoms with Crippen molar-refractivity contribution >= 4 is 49.0 Å². The van der Waals surface area contributed by atoms with Crippen molar-refractivity contribution < 1.29 is 14.3 Å². The number of ether oxygens (including phenoxy) is 2. The average Bonchev–Trinajstić information content (AvgIpc) is 2.82. The summed E-state index contributed by atoms with van der Waals surface area (Å²) in [6, 6.07) is 9.17. The lowest BCUT2D eigenvalue weighted by molar-refractivity contribution is 0.0918. The van der Waals surface area contributed by atoms with Crippen molar-refractivity contribution in [2.24, 2.45) is 0 Å². The van der Waals surface area contributed by atoms with Gasteiger partial charge in [-0.2, -0.15) is 0 Å². The lowest BCUT2D eigenvalue weighted by atomic mass is 10.2. The highest BCUT2D eigenvalue weighted by molar-refractivity contribution is 9.12. The van der Waals surface area contributed by atoms with Crippen LogP contribution in [0.1, 0.15) is 23.7 Å². The van der Waals surface area contributed by atoms with E-state index >= 15 is 0 Å². The van der Waals surface area contributed by atoms with E-state index in [1.165, 1.54) is 11.3 Å². The molecule has 0 saturated heterocycles. The summed E-state index contributed by atoms with van der Waals surface area (Å²) in [5.74, 6) is 1.18. The molecule has 0 aliphatic carbocycles. The quantitative estimate of drug-likeness (QED) is 0.554. The number of benzene rings is 1. The topological polar surface area (TPSA) is 35.5 Å². The third-order valence-corrected chi connectivity index (χ3v) is 4.97. The van der Waals surface area contributed by atoms with Crippen LogP contribution < -0.4 is 9.47 Å². The van der Waals surface area contributed by atoms with Crippen LogP contribution in [0, 0.1) is 0 Å². The fraction of sp³-hybridized carbons (Fsp3) is 0.267. The van der Waals surface area contributed by atoms with Crippen molar-refractivity contribution in [3.05, 3.63) is 43.5 Å². The molecule has 0 atom stereocenters. The molecule has 0 fully saturated rings. The molecule has 0 radical (unpaired) electrons. The summed E-state index contributed by atoms with van der Waals surface area (Å²) in [6.45, 7) is 2.64. The number of carbonyl (C=O) groups excluding carboxylic acids is 1. The van der Waals surface area contributed by atoms with Gasteiger partial charge in [0.2, 0.25) is 5.78 Å². The molecule has 112 valence electrons. The van der Waals surface area contributed by atoms with E-state index in [2.05, 4.69) is 31.9 Å². The predicted octanol–water partition coefficient (Wildman–Crippen LogP) is 5.32. The molecule has 0 N–H and O–H groups in total. The van der Waals surface area contributed by atoms with Crippen molar-refractivity contribution in [3.8, 4) is 11.5 Å². The molecule has 0 spiro atoms. The lowest BCUT2D eigenvalue weighted by Crippen LogP contribution is -2.12. The second-order valence-corrected chi connectivity index (χ2v) is 7.99. The Balaban J connectivity index is 2.03. The zero-order valence-corrected chi connectivity index (χ0v) is 15.4. The van der Waals surface area contributed by atoms with E-state index in [1.54, 1.807) is 12.1 Å². The highest BCUT2D eigenvalue weighted by atomic mass is 79.9. The number of hydrogen-bond acceptors (Lipinski definition) is 4. The first-order valence-electron chi connectivity index (χ1n) is 6.44. The maximum absolute atomic E-state index is 12.2. The van der Waals surface area contributed by atoms with Crippen LogP contribution in [-0.4, -0.2) is 19.0 Å². The monoisotopic (exact) mass is 432 g/mol. The largest absolute Gasteiger partial charge is 0.490 e. The summed E-state index contributed by atoms with van der Waals surface area (Å²) in [5, 5.41) is 0. The normalized spacial score (nSPS) is 10.4. The van der Waals surface area contributed by atoms with Gasteiger partial charge in [0.25, 0.3) is 0 Å². The standard InChI is InChI=1S/C15H14Br2O3S/c1-2-7-19-12-5-3-4-6-13(12)20-9-11(18)10-8-14(16)21-15(10)17/h3-6,8H,2,7,9H2,1H3. The fourth-order valence-electron chi connectivity index (χ4n) is 1.65. The van der Waals surface area contributed by atoms with Crippen LogP contribution in [0.25, 0.3) is 0 Å². The van der Waals surface area contributed by atoms with Crippen molar-refractivity contribution in [3.63, 3.8) is 0 Å². The lowest BCUT2D eigenvalue weighted by Gasteiger charge is -2.11. The second-order valence-electron chi connectivity index (χ2n) is 4.24. The zero-order chi connectivity index (χ0) is 15.2. The van der Waals surface area contributed by atoms with Gasteiger partial charge in [-0.15, -0.1) is 11.3 Å². The van der Waals surface area contributed by atoms with Gasteiger partial charge in [-0.25, -0.2) is 0 Å². The van der Waals surface area contributed by atoms with E-state index in [0.29, 0.717) is 23.7 Å². The molecule has 2 aromatic rings. The average molecular weight is 434 g/mol. The minimum Gasteiger partial charge on any atom is -0.490 e. The molecule has 2 rings (SSSR count). The molecule has 0 bridgehead atoms. The fourth-order valence-corrected chi connectivity index (χ4v) is 4.51. The molecule has 3 nitrogen and oxygen atoms in total. The molecule has 0 unspecified atom stereocenters. The molecule has 1 heterocycles. The number of rotatable bonds is 7. The SMILES string of the molecule is CCCOc1ccccc1OCC(=O)c1cc(Br)sc1Br. The Labute approximate surface area is 144 Å². The summed E-state index contributed by atoms with van der Waals surface area (Å²) in [6.07, 6.45) is 0.920. The Morgan fingerprint density at radius 3 is 2.43 bits per heavy atom. The molecule has 0 aliphatic heterocycles. The minimum absolute atomic E-state index is 0.0196. The summed E-state index contributed by atoms with van der Waals surface area (Å²) < 4.78 is 12.9. The molecule has 0 aliphatic rings.